The number of hydrogen-bond acceptors (Lipinski definition) is 5. The maximum absolute atomic E-state index is 13.4. The van der Waals surface area contributed by atoms with Gasteiger partial charge in [-0.05, 0) is 54.1 Å². The Morgan fingerprint density at radius 3 is 2.13 bits per heavy atom. The fourth-order valence-electron chi connectivity index (χ4n) is 4.07. The van der Waals surface area contributed by atoms with Crippen LogP contribution in [0.5, 0.6) is 5.75 Å². The van der Waals surface area contributed by atoms with E-state index in [1.54, 1.807) is 17.2 Å². The molecule has 0 spiro atoms. The number of imide groups is 1. The van der Waals surface area contributed by atoms with Crippen LogP contribution < -0.4 is 9.96 Å². The molecule has 2 aliphatic rings. The summed E-state index contributed by atoms with van der Waals surface area (Å²) in [6.45, 7) is 0. The van der Waals surface area contributed by atoms with Crippen molar-refractivity contribution in [2.24, 2.45) is 5.92 Å². The zero-order valence-electron chi connectivity index (χ0n) is 15.7. The minimum absolute atomic E-state index is 0.0993. The van der Waals surface area contributed by atoms with E-state index in [9.17, 15) is 19.1 Å². The lowest BCUT2D eigenvalue weighted by atomic mass is 9.90. The maximum Gasteiger partial charge on any atom is 0.266 e. The Hall–Kier alpha value is -3.71. The van der Waals surface area contributed by atoms with E-state index in [1.165, 1.54) is 36.4 Å². The van der Waals surface area contributed by atoms with Crippen molar-refractivity contribution in [2.45, 2.75) is 12.1 Å². The Morgan fingerprint density at radius 1 is 0.800 bits per heavy atom. The molecule has 5 rings (SSSR count). The van der Waals surface area contributed by atoms with E-state index in [0.717, 1.165) is 10.5 Å². The first-order valence-corrected chi connectivity index (χ1v) is 9.48. The lowest BCUT2D eigenvalue weighted by Gasteiger charge is -2.28. The monoisotopic (exact) mass is 404 g/mol. The van der Waals surface area contributed by atoms with Gasteiger partial charge in [0.15, 0.2) is 6.10 Å². The van der Waals surface area contributed by atoms with E-state index in [2.05, 4.69) is 0 Å². The van der Waals surface area contributed by atoms with Crippen molar-refractivity contribution in [3.05, 3.63) is 90.2 Å². The summed E-state index contributed by atoms with van der Waals surface area (Å²) in [6.07, 6.45) is -0.999. The number of para-hydroxylation sites is 1. The van der Waals surface area contributed by atoms with Crippen molar-refractivity contribution in [1.82, 2.24) is 0 Å². The van der Waals surface area contributed by atoms with Gasteiger partial charge in [-0.1, -0.05) is 30.3 Å². The molecule has 150 valence electrons. The fourth-order valence-corrected chi connectivity index (χ4v) is 4.07. The maximum atomic E-state index is 13.4. The fraction of sp³-hybridized carbons (Fsp3) is 0.130. The second kappa shape index (κ2) is 6.96. The van der Waals surface area contributed by atoms with Crippen molar-refractivity contribution in [3.8, 4) is 5.75 Å². The van der Waals surface area contributed by atoms with Crippen molar-refractivity contribution < 1.29 is 23.9 Å². The van der Waals surface area contributed by atoms with Crippen LogP contribution in [-0.4, -0.2) is 23.0 Å². The second-order valence-corrected chi connectivity index (χ2v) is 7.24. The summed E-state index contributed by atoms with van der Waals surface area (Å²) in [7, 11) is 0. The summed E-state index contributed by atoms with van der Waals surface area (Å²) in [5.41, 5.74) is 1.74. The highest BCUT2D eigenvalue weighted by atomic mass is 19.1. The third-order valence-corrected chi connectivity index (χ3v) is 5.45. The van der Waals surface area contributed by atoms with Gasteiger partial charge in [-0.3, -0.25) is 14.4 Å². The molecule has 0 aromatic heterocycles. The third-order valence-electron chi connectivity index (χ3n) is 5.45. The number of aromatic hydroxyl groups is 1. The average molecular weight is 404 g/mol. The molecule has 0 bridgehead atoms. The van der Waals surface area contributed by atoms with Gasteiger partial charge in [0, 0.05) is 0 Å². The number of amides is 2. The summed E-state index contributed by atoms with van der Waals surface area (Å²) >= 11 is 0. The highest BCUT2D eigenvalue weighted by Crippen LogP contribution is 2.47. The van der Waals surface area contributed by atoms with Crippen molar-refractivity contribution in [1.29, 1.82) is 0 Å². The molecular formula is C23H17FN2O4. The molecule has 3 atom stereocenters. The molecule has 2 amide bonds. The number of hydroxylamine groups is 1. The molecule has 2 saturated heterocycles. The van der Waals surface area contributed by atoms with Gasteiger partial charge >= 0.3 is 0 Å². The molecule has 3 aromatic rings. The number of anilines is 2. The van der Waals surface area contributed by atoms with Crippen molar-refractivity contribution >= 4 is 23.2 Å². The van der Waals surface area contributed by atoms with Crippen LogP contribution in [-0.2, 0) is 14.4 Å². The summed E-state index contributed by atoms with van der Waals surface area (Å²) in [4.78, 5) is 33.5. The normalized spacial score (nSPS) is 23.2. The predicted molar refractivity (Wildman–Crippen MR) is 107 cm³/mol. The van der Waals surface area contributed by atoms with Crippen LogP contribution in [0.4, 0.5) is 15.8 Å². The smallest absolute Gasteiger partial charge is 0.266 e. The first kappa shape index (κ1) is 18.3. The van der Waals surface area contributed by atoms with E-state index in [-0.39, 0.29) is 5.75 Å². The molecule has 30 heavy (non-hydrogen) atoms. The molecule has 3 aromatic carbocycles. The molecule has 0 aliphatic carbocycles. The van der Waals surface area contributed by atoms with Gasteiger partial charge in [-0.15, -0.1) is 0 Å². The molecule has 6 nitrogen and oxygen atoms in total. The van der Waals surface area contributed by atoms with Crippen LogP contribution in [0.2, 0.25) is 0 Å². The topological polar surface area (TPSA) is 70.1 Å². The minimum Gasteiger partial charge on any atom is -0.508 e. The number of fused-ring (bicyclic) bond motifs is 1. The highest BCUT2D eigenvalue weighted by molar-refractivity contribution is 6.23. The number of phenolic OH excluding ortho intramolecular Hbond substituents is 1. The number of carbonyl (C=O) groups excluding carboxylic acids is 2. The summed E-state index contributed by atoms with van der Waals surface area (Å²) < 4.78 is 13.3. The molecular weight excluding hydrogens is 387 g/mol. The SMILES string of the molecule is O=C1[C@H]2[C@@H](c3ccc(O)cc3)N(c3ccccc3)O[C@H]2C(=O)N1c1ccc(F)cc1. The van der Waals surface area contributed by atoms with Gasteiger partial charge in [-0.25, -0.2) is 14.4 Å². The first-order valence-electron chi connectivity index (χ1n) is 9.48. The number of halogens is 1. The third kappa shape index (κ3) is 2.83. The molecule has 0 saturated carbocycles. The number of nitrogens with zero attached hydrogens (tertiary/aromatic N) is 2. The Morgan fingerprint density at radius 2 is 1.47 bits per heavy atom. The molecule has 2 heterocycles. The van der Waals surface area contributed by atoms with Gasteiger partial charge in [0.2, 0.25) is 5.91 Å². The molecule has 7 heteroatoms. The summed E-state index contributed by atoms with van der Waals surface area (Å²) in [5, 5.41) is 11.3. The van der Waals surface area contributed by atoms with Crippen LogP contribution in [0, 0.1) is 11.7 Å². The number of hydrogen-bond donors (Lipinski definition) is 1. The van der Waals surface area contributed by atoms with E-state index < -0.39 is 35.7 Å². The van der Waals surface area contributed by atoms with Crippen LogP contribution >= 0.6 is 0 Å². The number of benzene rings is 3. The van der Waals surface area contributed by atoms with Gasteiger partial charge in [0.25, 0.3) is 5.91 Å². The Labute approximate surface area is 171 Å². The van der Waals surface area contributed by atoms with E-state index in [0.29, 0.717) is 11.4 Å². The molecule has 0 radical (unpaired) electrons. The van der Waals surface area contributed by atoms with Crippen LogP contribution in [0.15, 0.2) is 78.9 Å². The largest absolute Gasteiger partial charge is 0.508 e. The first-order chi connectivity index (χ1) is 14.5. The zero-order chi connectivity index (χ0) is 20.8. The summed E-state index contributed by atoms with van der Waals surface area (Å²) in [6, 6.07) is 20.3. The van der Waals surface area contributed by atoms with Crippen LogP contribution in [0.25, 0.3) is 0 Å². The molecule has 0 unspecified atom stereocenters. The number of rotatable bonds is 3. The van der Waals surface area contributed by atoms with Crippen LogP contribution in [0.3, 0.4) is 0 Å². The highest BCUT2D eigenvalue weighted by Gasteiger charge is 2.60. The minimum atomic E-state index is -0.999. The van der Waals surface area contributed by atoms with Crippen molar-refractivity contribution in [2.75, 3.05) is 9.96 Å². The quantitative estimate of drug-likeness (QED) is 0.676. The molecule has 1 N–H and O–H groups in total. The zero-order valence-corrected chi connectivity index (χ0v) is 15.7. The Balaban J connectivity index is 1.58. The van der Waals surface area contributed by atoms with Crippen molar-refractivity contribution in [3.63, 3.8) is 0 Å². The number of phenols is 1. The lowest BCUT2D eigenvalue weighted by molar-refractivity contribution is -0.126. The number of carbonyl (C=O) groups is 2. The Bertz CT molecular complexity index is 1100. The van der Waals surface area contributed by atoms with Gasteiger partial charge < -0.3 is 5.11 Å². The average Bonchev–Trinajstić information content (AvgIpc) is 3.27. The summed E-state index contributed by atoms with van der Waals surface area (Å²) in [5.74, 6) is -2.03. The Kier molecular flexibility index (Phi) is 4.25. The lowest BCUT2D eigenvalue weighted by Crippen LogP contribution is -2.37. The van der Waals surface area contributed by atoms with E-state index in [1.807, 2.05) is 30.3 Å². The van der Waals surface area contributed by atoms with Gasteiger partial charge in [-0.2, -0.15) is 0 Å². The second-order valence-electron chi connectivity index (χ2n) is 7.24. The standard InChI is InChI=1S/C23H17FN2O4/c24-15-8-10-16(11-9-15)25-22(28)19-20(14-6-12-18(27)13-7-14)26(30-21(19)23(25)29)17-4-2-1-3-5-17/h1-13,19-21,27H/t19-,20+,21+/m0/s1. The van der Waals surface area contributed by atoms with E-state index >= 15 is 0 Å². The van der Waals surface area contributed by atoms with E-state index in [4.69, 9.17) is 4.84 Å². The van der Waals surface area contributed by atoms with Gasteiger partial charge in [0.05, 0.1) is 17.4 Å². The van der Waals surface area contributed by atoms with Crippen LogP contribution in [0.1, 0.15) is 11.6 Å². The molecule has 2 fully saturated rings. The molecule has 2 aliphatic heterocycles. The predicted octanol–water partition coefficient (Wildman–Crippen LogP) is 3.58. The van der Waals surface area contributed by atoms with Gasteiger partial charge in [0.1, 0.15) is 17.5 Å².